The number of phenolic OH excluding ortho intramolecular Hbond substituents is 3. The molecule has 0 aromatic heterocycles. The number of benzene rings is 1. The van der Waals surface area contributed by atoms with Gasteiger partial charge in [0, 0.05) is 18.0 Å². The fourth-order valence-electron chi connectivity index (χ4n) is 2.26. The number of hydrogen-bond donors (Lipinski definition) is 4. The van der Waals surface area contributed by atoms with Gasteiger partial charge in [-0.25, -0.2) is 0 Å². The van der Waals surface area contributed by atoms with E-state index in [4.69, 9.17) is 0 Å². The first-order chi connectivity index (χ1) is 10.4. The van der Waals surface area contributed by atoms with Crippen LogP contribution in [-0.4, -0.2) is 27.8 Å². The van der Waals surface area contributed by atoms with E-state index in [9.17, 15) is 20.1 Å². The zero-order valence-electron chi connectivity index (χ0n) is 13.2. The molecule has 5 heteroatoms. The number of rotatable bonds is 8. The SMILES string of the molecule is C=C(C)C(=O)NCC(CCCCC)c1cc(O)c(O)c(O)c1. The molecule has 0 heterocycles. The molecule has 1 atom stereocenters. The van der Waals surface area contributed by atoms with E-state index in [1.165, 1.54) is 12.1 Å². The van der Waals surface area contributed by atoms with Gasteiger partial charge in [-0.1, -0.05) is 32.8 Å². The summed E-state index contributed by atoms with van der Waals surface area (Å²) in [6.45, 7) is 7.73. The van der Waals surface area contributed by atoms with Crippen molar-refractivity contribution in [1.29, 1.82) is 0 Å². The number of hydrogen-bond acceptors (Lipinski definition) is 4. The van der Waals surface area contributed by atoms with Gasteiger partial charge in [-0.2, -0.15) is 0 Å². The van der Waals surface area contributed by atoms with Gasteiger partial charge in [0.25, 0.3) is 0 Å². The van der Waals surface area contributed by atoms with Gasteiger partial charge in [0.05, 0.1) is 0 Å². The molecule has 122 valence electrons. The Balaban J connectivity index is 2.89. The van der Waals surface area contributed by atoms with Crippen molar-refractivity contribution in [3.05, 3.63) is 29.8 Å². The van der Waals surface area contributed by atoms with Gasteiger partial charge in [0.1, 0.15) is 0 Å². The lowest BCUT2D eigenvalue weighted by atomic mass is 9.92. The smallest absolute Gasteiger partial charge is 0.246 e. The molecule has 0 aliphatic carbocycles. The molecule has 0 aliphatic heterocycles. The summed E-state index contributed by atoms with van der Waals surface area (Å²) in [7, 11) is 0. The first-order valence-electron chi connectivity index (χ1n) is 7.55. The van der Waals surface area contributed by atoms with Gasteiger partial charge in [-0.05, 0) is 31.0 Å². The van der Waals surface area contributed by atoms with Crippen molar-refractivity contribution >= 4 is 5.91 Å². The predicted molar refractivity (Wildman–Crippen MR) is 86.1 cm³/mol. The van der Waals surface area contributed by atoms with Crippen molar-refractivity contribution in [2.24, 2.45) is 0 Å². The molecule has 5 nitrogen and oxygen atoms in total. The Morgan fingerprint density at radius 3 is 2.32 bits per heavy atom. The Labute approximate surface area is 131 Å². The summed E-state index contributed by atoms with van der Waals surface area (Å²) >= 11 is 0. The maximum absolute atomic E-state index is 11.6. The van der Waals surface area contributed by atoms with Gasteiger partial charge in [-0.15, -0.1) is 0 Å². The topological polar surface area (TPSA) is 89.8 Å². The van der Waals surface area contributed by atoms with Crippen LogP contribution >= 0.6 is 0 Å². The predicted octanol–water partition coefficient (Wildman–Crippen LogP) is 3.16. The van der Waals surface area contributed by atoms with E-state index in [0.717, 1.165) is 25.7 Å². The highest BCUT2D eigenvalue weighted by Gasteiger charge is 2.17. The number of carbonyl (C=O) groups excluding carboxylic acids is 1. The maximum atomic E-state index is 11.6. The lowest BCUT2D eigenvalue weighted by Crippen LogP contribution is -2.28. The lowest BCUT2D eigenvalue weighted by Gasteiger charge is -2.19. The number of unbranched alkanes of at least 4 members (excludes halogenated alkanes) is 2. The molecule has 4 N–H and O–H groups in total. The third-order valence-corrected chi connectivity index (χ3v) is 3.62. The molecule has 0 radical (unpaired) electrons. The third-order valence-electron chi connectivity index (χ3n) is 3.62. The number of nitrogens with one attached hydrogen (secondary N) is 1. The summed E-state index contributed by atoms with van der Waals surface area (Å²) in [4.78, 5) is 11.6. The molecular weight excluding hydrogens is 282 g/mol. The Hall–Kier alpha value is -2.17. The van der Waals surface area contributed by atoms with Crippen molar-refractivity contribution in [3.8, 4) is 17.2 Å². The van der Waals surface area contributed by atoms with E-state index >= 15 is 0 Å². The van der Waals surface area contributed by atoms with Crippen LogP contribution in [0.15, 0.2) is 24.3 Å². The number of carbonyl (C=O) groups is 1. The van der Waals surface area contributed by atoms with Crippen molar-refractivity contribution in [1.82, 2.24) is 5.32 Å². The van der Waals surface area contributed by atoms with Crippen molar-refractivity contribution in [2.75, 3.05) is 6.54 Å². The van der Waals surface area contributed by atoms with Crippen molar-refractivity contribution < 1.29 is 20.1 Å². The highest BCUT2D eigenvalue weighted by atomic mass is 16.3. The van der Waals surface area contributed by atoms with Gasteiger partial charge in [0.2, 0.25) is 5.91 Å². The van der Waals surface area contributed by atoms with Crippen molar-refractivity contribution in [3.63, 3.8) is 0 Å². The zero-order valence-corrected chi connectivity index (χ0v) is 13.2. The Morgan fingerprint density at radius 2 is 1.82 bits per heavy atom. The Kier molecular flexibility index (Phi) is 6.76. The molecule has 0 bridgehead atoms. The number of amides is 1. The lowest BCUT2D eigenvalue weighted by molar-refractivity contribution is -0.117. The van der Waals surface area contributed by atoms with Crippen LogP contribution in [0.2, 0.25) is 0 Å². The third kappa shape index (κ3) is 4.98. The maximum Gasteiger partial charge on any atom is 0.246 e. The summed E-state index contributed by atoms with van der Waals surface area (Å²) in [6.07, 6.45) is 3.94. The van der Waals surface area contributed by atoms with Gasteiger partial charge < -0.3 is 20.6 Å². The van der Waals surface area contributed by atoms with E-state index in [-0.39, 0.29) is 23.3 Å². The summed E-state index contributed by atoms with van der Waals surface area (Å²) in [6, 6.07) is 2.86. The molecule has 1 amide bonds. The zero-order chi connectivity index (χ0) is 16.7. The molecule has 1 unspecified atom stereocenters. The minimum Gasteiger partial charge on any atom is -0.504 e. The van der Waals surface area contributed by atoms with Gasteiger partial charge in [0.15, 0.2) is 17.2 Å². The van der Waals surface area contributed by atoms with Crippen LogP contribution in [0.5, 0.6) is 17.2 Å². The second-order valence-electron chi connectivity index (χ2n) is 5.59. The average Bonchev–Trinajstić information content (AvgIpc) is 2.47. The molecule has 0 saturated heterocycles. The van der Waals surface area contributed by atoms with E-state index < -0.39 is 5.75 Å². The van der Waals surface area contributed by atoms with Gasteiger partial charge >= 0.3 is 0 Å². The van der Waals surface area contributed by atoms with E-state index in [0.29, 0.717) is 17.7 Å². The quantitative estimate of drug-likeness (QED) is 0.337. The average molecular weight is 307 g/mol. The van der Waals surface area contributed by atoms with E-state index in [1.807, 2.05) is 0 Å². The van der Waals surface area contributed by atoms with E-state index in [2.05, 4.69) is 18.8 Å². The molecule has 0 fully saturated rings. The van der Waals surface area contributed by atoms with Crippen LogP contribution in [0.4, 0.5) is 0 Å². The van der Waals surface area contributed by atoms with Crippen LogP contribution in [-0.2, 0) is 4.79 Å². The monoisotopic (exact) mass is 307 g/mol. The Morgan fingerprint density at radius 1 is 1.23 bits per heavy atom. The molecule has 1 aromatic carbocycles. The number of aromatic hydroxyl groups is 3. The normalized spacial score (nSPS) is 11.9. The standard InChI is InChI=1S/C17H25NO4/c1-4-5-6-7-12(10-18-17(22)11(2)3)13-8-14(19)16(21)15(20)9-13/h8-9,12,19-21H,2,4-7,10H2,1,3H3,(H,18,22). The Bertz CT molecular complexity index is 516. The second-order valence-corrected chi connectivity index (χ2v) is 5.59. The van der Waals surface area contributed by atoms with Crippen LogP contribution in [0.3, 0.4) is 0 Å². The fourth-order valence-corrected chi connectivity index (χ4v) is 2.26. The molecule has 1 aromatic rings. The largest absolute Gasteiger partial charge is 0.504 e. The summed E-state index contributed by atoms with van der Waals surface area (Å²) < 4.78 is 0. The van der Waals surface area contributed by atoms with Crippen LogP contribution < -0.4 is 5.32 Å². The summed E-state index contributed by atoms with van der Waals surface area (Å²) in [5, 5.41) is 31.5. The van der Waals surface area contributed by atoms with Gasteiger partial charge in [-0.3, -0.25) is 4.79 Å². The summed E-state index contributed by atoms with van der Waals surface area (Å²) in [5.41, 5.74) is 1.12. The highest BCUT2D eigenvalue weighted by molar-refractivity contribution is 5.92. The van der Waals surface area contributed by atoms with E-state index in [1.54, 1.807) is 6.92 Å². The van der Waals surface area contributed by atoms with Crippen molar-refractivity contribution in [2.45, 2.75) is 45.4 Å². The molecule has 1 rings (SSSR count). The first-order valence-corrected chi connectivity index (χ1v) is 7.55. The molecule has 0 saturated carbocycles. The van der Waals surface area contributed by atoms with Crippen LogP contribution in [0.25, 0.3) is 0 Å². The minimum absolute atomic E-state index is 0.0488. The second kappa shape index (κ2) is 8.32. The van der Waals surface area contributed by atoms with Crippen LogP contribution in [0, 0.1) is 0 Å². The number of phenols is 3. The highest BCUT2D eigenvalue weighted by Crippen LogP contribution is 2.38. The molecule has 0 spiro atoms. The first kappa shape index (κ1) is 17.9. The fraction of sp³-hybridized carbons (Fsp3) is 0.471. The minimum atomic E-state index is -0.526. The summed E-state index contributed by atoms with van der Waals surface area (Å²) in [5.74, 6) is -1.51. The molecular formula is C17H25NO4. The van der Waals surface area contributed by atoms with Crippen LogP contribution in [0.1, 0.15) is 51.0 Å². The molecule has 0 aliphatic rings. The molecule has 22 heavy (non-hydrogen) atoms.